The lowest BCUT2D eigenvalue weighted by molar-refractivity contribution is 0.423. The number of rotatable bonds is 4. The first-order chi connectivity index (χ1) is 14.3. The molecule has 0 saturated heterocycles. The van der Waals surface area contributed by atoms with Gasteiger partial charge < -0.3 is 0 Å². The van der Waals surface area contributed by atoms with Crippen LogP contribution < -0.4 is 5.43 Å². The summed E-state index contributed by atoms with van der Waals surface area (Å²) in [5, 5.41) is 4.85. The number of hydrogen-bond acceptors (Lipinski definition) is 4. The van der Waals surface area contributed by atoms with Gasteiger partial charge in [0.2, 0.25) is 0 Å². The number of fused-ring (bicyclic) bond motifs is 1. The molecule has 0 spiro atoms. The van der Waals surface area contributed by atoms with Gasteiger partial charge in [0, 0.05) is 22.3 Å². The number of nitrogens with one attached hydrogen (secondary N) is 1. The summed E-state index contributed by atoms with van der Waals surface area (Å²) in [7, 11) is 0. The summed E-state index contributed by atoms with van der Waals surface area (Å²) in [5.74, 6) is 0.387. The minimum Gasteiger partial charge on any atom is -0.278 e. The first-order valence-corrected chi connectivity index (χ1v) is 10.7. The molecular formula is C24H21BrN4. The maximum absolute atomic E-state index is 5.31. The fourth-order valence-corrected chi connectivity index (χ4v) is 4.72. The molecule has 144 valence electrons. The Hall–Kier alpha value is -2.79. The molecule has 0 radical (unpaired) electrons. The predicted octanol–water partition coefficient (Wildman–Crippen LogP) is 5.81. The number of hydrazone groups is 1. The zero-order chi connectivity index (χ0) is 19.7. The van der Waals surface area contributed by atoms with Crippen molar-refractivity contribution in [1.82, 2.24) is 4.98 Å². The van der Waals surface area contributed by atoms with Crippen molar-refractivity contribution in [3.63, 3.8) is 0 Å². The van der Waals surface area contributed by atoms with E-state index in [0.717, 1.165) is 46.5 Å². The summed E-state index contributed by atoms with van der Waals surface area (Å²) in [6, 6.07) is 24.6. The number of nitrogens with zero attached hydrogens (tertiary/aromatic N) is 3. The number of aromatic nitrogens is 1. The number of anilines is 1. The van der Waals surface area contributed by atoms with Crippen LogP contribution in [-0.2, 0) is 5.54 Å². The third kappa shape index (κ3) is 3.29. The summed E-state index contributed by atoms with van der Waals surface area (Å²) < 4.78 is 1.05. The van der Waals surface area contributed by atoms with E-state index in [0.29, 0.717) is 5.92 Å². The first kappa shape index (κ1) is 18.3. The Labute approximate surface area is 178 Å². The fourth-order valence-electron chi connectivity index (χ4n) is 4.46. The average molecular weight is 445 g/mol. The van der Waals surface area contributed by atoms with Crippen molar-refractivity contribution in [1.29, 1.82) is 0 Å². The van der Waals surface area contributed by atoms with Crippen LogP contribution in [0.25, 0.3) is 0 Å². The molecule has 1 aliphatic heterocycles. The molecule has 2 heterocycles. The molecule has 0 amide bonds. The molecule has 2 aliphatic rings. The van der Waals surface area contributed by atoms with Gasteiger partial charge in [-0.3, -0.25) is 15.4 Å². The smallest absolute Gasteiger partial charge is 0.145 e. The highest BCUT2D eigenvalue weighted by atomic mass is 79.9. The minimum absolute atomic E-state index is 0.387. The Morgan fingerprint density at radius 2 is 1.76 bits per heavy atom. The number of hydrogen-bond donors (Lipinski definition) is 1. The van der Waals surface area contributed by atoms with Crippen LogP contribution in [0.4, 0.5) is 5.69 Å². The summed E-state index contributed by atoms with van der Waals surface area (Å²) in [4.78, 5) is 10.0. The topological polar surface area (TPSA) is 49.6 Å². The van der Waals surface area contributed by atoms with Crippen LogP contribution in [0.3, 0.4) is 0 Å². The molecule has 2 atom stereocenters. The maximum Gasteiger partial charge on any atom is 0.145 e. The lowest BCUT2D eigenvalue weighted by atomic mass is 9.83. The predicted molar refractivity (Wildman–Crippen MR) is 121 cm³/mol. The zero-order valence-corrected chi connectivity index (χ0v) is 17.5. The van der Waals surface area contributed by atoms with E-state index in [2.05, 4.69) is 51.7 Å². The molecule has 1 saturated carbocycles. The Morgan fingerprint density at radius 1 is 0.966 bits per heavy atom. The number of pyridine rings is 1. The van der Waals surface area contributed by atoms with E-state index in [1.165, 1.54) is 5.56 Å². The van der Waals surface area contributed by atoms with Crippen LogP contribution in [0.5, 0.6) is 0 Å². The fraction of sp³-hybridized carbons (Fsp3) is 0.208. The molecular weight excluding hydrogens is 424 g/mol. The normalized spacial score (nSPS) is 24.4. The van der Waals surface area contributed by atoms with E-state index in [1.807, 2.05) is 48.7 Å². The van der Waals surface area contributed by atoms with Crippen molar-refractivity contribution in [2.75, 3.05) is 5.43 Å². The van der Waals surface area contributed by atoms with Crippen molar-refractivity contribution >= 4 is 33.0 Å². The van der Waals surface area contributed by atoms with Crippen LogP contribution in [0.15, 0.2) is 93.6 Å². The van der Waals surface area contributed by atoms with Gasteiger partial charge in [-0.15, -0.1) is 0 Å². The molecule has 5 rings (SSSR count). The standard InChI is InChI=1S/C24H21BrN4/c25-19-10-12-20(13-11-19)28-29-23-14-9-18-16-21(17-6-2-1-3-7-17)27-24(18,23)22-8-4-5-15-26-22/h1-8,10-13,15,18,28H,9,14,16H2/b29-23+/t18-,24-/m1/s1. The summed E-state index contributed by atoms with van der Waals surface area (Å²) in [6.07, 6.45) is 4.81. The van der Waals surface area contributed by atoms with Crippen molar-refractivity contribution in [3.05, 3.63) is 94.7 Å². The molecule has 1 N–H and O–H groups in total. The van der Waals surface area contributed by atoms with E-state index >= 15 is 0 Å². The monoisotopic (exact) mass is 444 g/mol. The number of benzene rings is 2. The molecule has 2 aromatic carbocycles. The Bertz CT molecular complexity index is 1060. The van der Waals surface area contributed by atoms with Crippen LogP contribution in [0.2, 0.25) is 0 Å². The second-order valence-electron chi connectivity index (χ2n) is 7.52. The Balaban J connectivity index is 1.57. The third-order valence-corrected chi connectivity index (χ3v) is 6.37. The molecule has 29 heavy (non-hydrogen) atoms. The van der Waals surface area contributed by atoms with E-state index in [4.69, 9.17) is 15.1 Å². The van der Waals surface area contributed by atoms with Gasteiger partial charge in [0.05, 0.1) is 17.1 Å². The number of halogens is 1. The number of aliphatic imine (C=N–C) groups is 1. The Kier molecular flexibility index (Phi) is 4.76. The lowest BCUT2D eigenvalue weighted by Gasteiger charge is -2.26. The van der Waals surface area contributed by atoms with E-state index < -0.39 is 5.54 Å². The van der Waals surface area contributed by atoms with E-state index in [-0.39, 0.29) is 0 Å². The van der Waals surface area contributed by atoms with Crippen molar-refractivity contribution in [3.8, 4) is 0 Å². The largest absolute Gasteiger partial charge is 0.278 e. The molecule has 0 unspecified atom stereocenters. The van der Waals surface area contributed by atoms with Crippen molar-refractivity contribution in [2.24, 2.45) is 16.0 Å². The van der Waals surface area contributed by atoms with E-state index in [9.17, 15) is 0 Å². The van der Waals surface area contributed by atoms with Gasteiger partial charge in [-0.25, -0.2) is 0 Å². The van der Waals surface area contributed by atoms with Gasteiger partial charge in [0.25, 0.3) is 0 Å². The zero-order valence-electron chi connectivity index (χ0n) is 15.9. The molecule has 1 aliphatic carbocycles. The van der Waals surface area contributed by atoms with Crippen molar-refractivity contribution in [2.45, 2.75) is 24.8 Å². The van der Waals surface area contributed by atoms with Crippen LogP contribution >= 0.6 is 15.9 Å². The van der Waals surface area contributed by atoms with Gasteiger partial charge in [0.1, 0.15) is 5.54 Å². The third-order valence-electron chi connectivity index (χ3n) is 5.84. The quantitative estimate of drug-likeness (QED) is 0.516. The second-order valence-corrected chi connectivity index (χ2v) is 8.44. The summed E-state index contributed by atoms with van der Waals surface area (Å²) >= 11 is 3.48. The SMILES string of the molecule is Brc1ccc(N/N=C2\CC[C@@H]3CC(c4ccccc4)=N[C@]23c2ccccn2)cc1. The summed E-state index contributed by atoms with van der Waals surface area (Å²) in [6.45, 7) is 0. The lowest BCUT2D eigenvalue weighted by Crippen LogP contribution is -2.34. The van der Waals surface area contributed by atoms with Crippen LogP contribution in [0, 0.1) is 5.92 Å². The molecule has 5 heteroatoms. The second kappa shape index (κ2) is 7.56. The van der Waals surface area contributed by atoms with E-state index in [1.54, 1.807) is 0 Å². The molecule has 0 bridgehead atoms. The molecule has 3 aromatic rings. The van der Waals surface area contributed by atoms with Crippen LogP contribution in [0.1, 0.15) is 30.5 Å². The van der Waals surface area contributed by atoms with Gasteiger partial charge in [-0.2, -0.15) is 5.10 Å². The molecule has 1 fully saturated rings. The minimum atomic E-state index is -0.477. The highest BCUT2D eigenvalue weighted by molar-refractivity contribution is 9.10. The molecule has 4 nitrogen and oxygen atoms in total. The van der Waals surface area contributed by atoms with Crippen molar-refractivity contribution < 1.29 is 0 Å². The summed E-state index contributed by atoms with van der Waals surface area (Å²) in [5.41, 5.74) is 8.13. The average Bonchev–Trinajstić information content (AvgIpc) is 3.32. The Morgan fingerprint density at radius 3 is 2.52 bits per heavy atom. The van der Waals surface area contributed by atoms with Crippen LogP contribution in [-0.4, -0.2) is 16.4 Å². The molecule has 1 aromatic heterocycles. The first-order valence-electron chi connectivity index (χ1n) is 9.90. The van der Waals surface area contributed by atoms with Gasteiger partial charge >= 0.3 is 0 Å². The highest BCUT2D eigenvalue weighted by Gasteiger charge is 2.54. The highest BCUT2D eigenvalue weighted by Crippen LogP contribution is 2.50. The maximum atomic E-state index is 5.31. The van der Waals surface area contributed by atoms with Gasteiger partial charge in [-0.05, 0) is 61.2 Å². The van der Waals surface area contributed by atoms with Gasteiger partial charge in [0.15, 0.2) is 0 Å². The van der Waals surface area contributed by atoms with Gasteiger partial charge in [-0.1, -0.05) is 52.3 Å².